The number of carboxylic acids is 1. The number of hydrogen-bond donors (Lipinski definition) is 1. The van der Waals surface area contributed by atoms with Crippen molar-refractivity contribution in [1.29, 1.82) is 0 Å². The minimum Gasteiger partial charge on any atom is -0.494 e. The molecule has 1 atom stereocenters. The van der Waals surface area contributed by atoms with Crippen LogP contribution in [0.2, 0.25) is 0 Å². The summed E-state index contributed by atoms with van der Waals surface area (Å²) < 4.78 is 5.47. The SMILES string of the molecule is CC(CC(=O)O)C(=O)c1ccc(OCCCBr)cc1. The lowest BCUT2D eigenvalue weighted by molar-refractivity contribution is -0.137. The molecule has 19 heavy (non-hydrogen) atoms. The van der Waals surface area contributed by atoms with E-state index in [0.29, 0.717) is 17.9 Å². The summed E-state index contributed by atoms with van der Waals surface area (Å²) in [5, 5.41) is 9.55. The van der Waals surface area contributed by atoms with E-state index >= 15 is 0 Å². The van der Waals surface area contributed by atoms with Gasteiger partial charge in [-0.15, -0.1) is 0 Å². The fourth-order valence-corrected chi connectivity index (χ4v) is 1.83. The first-order valence-corrected chi connectivity index (χ1v) is 7.21. The molecule has 0 fully saturated rings. The van der Waals surface area contributed by atoms with E-state index in [9.17, 15) is 9.59 Å². The molecule has 0 radical (unpaired) electrons. The number of halogens is 1. The number of carbonyl (C=O) groups excluding carboxylic acids is 1. The van der Waals surface area contributed by atoms with Crippen molar-refractivity contribution in [2.24, 2.45) is 5.92 Å². The molecule has 0 spiro atoms. The Balaban J connectivity index is 2.60. The maximum absolute atomic E-state index is 11.9. The van der Waals surface area contributed by atoms with Crippen molar-refractivity contribution in [3.05, 3.63) is 29.8 Å². The van der Waals surface area contributed by atoms with Gasteiger partial charge in [0.25, 0.3) is 0 Å². The number of hydrogen-bond acceptors (Lipinski definition) is 3. The van der Waals surface area contributed by atoms with Crippen molar-refractivity contribution in [2.75, 3.05) is 11.9 Å². The number of carbonyl (C=O) groups is 2. The Hall–Kier alpha value is -1.36. The highest BCUT2D eigenvalue weighted by Gasteiger charge is 2.18. The van der Waals surface area contributed by atoms with Crippen LogP contribution < -0.4 is 4.74 Å². The average molecular weight is 329 g/mol. The zero-order valence-electron chi connectivity index (χ0n) is 10.8. The summed E-state index contributed by atoms with van der Waals surface area (Å²) in [7, 11) is 0. The number of benzene rings is 1. The molecule has 1 rings (SSSR count). The van der Waals surface area contributed by atoms with E-state index in [4.69, 9.17) is 9.84 Å². The topological polar surface area (TPSA) is 63.6 Å². The Morgan fingerprint density at radius 2 is 1.95 bits per heavy atom. The van der Waals surface area contributed by atoms with Gasteiger partial charge >= 0.3 is 5.97 Å². The number of alkyl halides is 1. The first-order chi connectivity index (χ1) is 9.04. The van der Waals surface area contributed by atoms with Crippen LogP contribution in [0.4, 0.5) is 0 Å². The van der Waals surface area contributed by atoms with Gasteiger partial charge in [-0.2, -0.15) is 0 Å². The lowest BCUT2D eigenvalue weighted by Gasteiger charge is -2.09. The quantitative estimate of drug-likeness (QED) is 0.452. The predicted octanol–water partition coefficient (Wildman–Crippen LogP) is 3.14. The maximum Gasteiger partial charge on any atom is 0.304 e. The fraction of sp³-hybridized carbons (Fsp3) is 0.429. The van der Waals surface area contributed by atoms with Crippen LogP contribution in [0.5, 0.6) is 5.75 Å². The van der Waals surface area contributed by atoms with Crippen LogP contribution >= 0.6 is 15.9 Å². The summed E-state index contributed by atoms with van der Waals surface area (Å²) in [5.41, 5.74) is 0.515. The van der Waals surface area contributed by atoms with Crippen molar-refractivity contribution >= 4 is 27.7 Å². The standard InChI is InChI=1S/C14H17BrO4/c1-10(9-13(16)17)14(18)11-3-5-12(6-4-11)19-8-2-7-15/h3-6,10H,2,7-9H2,1H3,(H,16,17). The molecule has 0 bridgehead atoms. The van der Waals surface area contributed by atoms with Gasteiger partial charge in [0.05, 0.1) is 13.0 Å². The third-order valence-corrected chi connectivity index (χ3v) is 3.17. The molecule has 0 saturated carbocycles. The second kappa shape index (κ2) is 7.94. The third kappa shape index (κ3) is 5.42. The molecule has 1 aromatic rings. The Labute approximate surface area is 120 Å². The fourth-order valence-electron chi connectivity index (χ4n) is 1.60. The van der Waals surface area contributed by atoms with Gasteiger partial charge in [-0.05, 0) is 30.7 Å². The normalized spacial score (nSPS) is 11.9. The van der Waals surface area contributed by atoms with E-state index in [0.717, 1.165) is 11.8 Å². The summed E-state index contributed by atoms with van der Waals surface area (Å²) in [4.78, 5) is 22.5. The molecular weight excluding hydrogens is 312 g/mol. The monoisotopic (exact) mass is 328 g/mol. The zero-order valence-corrected chi connectivity index (χ0v) is 12.4. The van der Waals surface area contributed by atoms with Gasteiger partial charge in [0, 0.05) is 16.8 Å². The molecule has 104 valence electrons. The van der Waals surface area contributed by atoms with Gasteiger partial charge in [0.15, 0.2) is 5.78 Å². The molecule has 4 nitrogen and oxygen atoms in total. The van der Waals surface area contributed by atoms with Crippen LogP contribution in [0.3, 0.4) is 0 Å². The number of carboxylic acid groups (broad SMARTS) is 1. The number of Topliss-reactive ketones (excluding diaryl/α,β-unsaturated/α-hetero) is 1. The van der Waals surface area contributed by atoms with E-state index in [-0.39, 0.29) is 12.2 Å². The highest BCUT2D eigenvalue weighted by Crippen LogP contribution is 2.17. The lowest BCUT2D eigenvalue weighted by atomic mass is 9.96. The minimum absolute atomic E-state index is 0.150. The molecule has 1 aromatic carbocycles. The van der Waals surface area contributed by atoms with Crippen molar-refractivity contribution in [2.45, 2.75) is 19.8 Å². The molecule has 0 aliphatic carbocycles. The van der Waals surface area contributed by atoms with E-state index in [2.05, 4.69) is 15.9 Å². The minimum atomic E-state index is -0.962. The summed E-state index contributed by atoms with van der Waals surface area (Å²) in [5.74, 6) is -0.925. The Morgan fingerprint density at radius 3 is 2.47 bits per heavy atom. The van der Waals surface area contributed by atoms with Crippen LogP contribution in [0, 0.1) is 5.92 Å². The van der Waals surface area contributed by atoms with Crippen LogP contribution in [0.25, 0.3) is 0 Å². The van der Waals surface area contributed by atoms with Crippen LogP contribution in [-0.4, -0.2) is 28.8 Å². The van der Waals surface area contributed by atoms with E-state index in [1.165, 1.54) is 0 Å². The number of ketones is 1. The molecule has 0 heterocycles. The second-order valence-electron chi connectivity index (χ2n) is 4.28. The predicted molar refractivity (Wildman–Crippen MR) is 76.1 cm³/mol. The molecule has 5 heteroatoms. The molecule has 0 aliphatic rings. The van der Waals surface area contributed by atoms with Crippen molar-refractivity contribution in [1.82, 2.24) is 0 Å². The Bertz CT molecular complexity index is 428. The van der Waals surface area contributed by atoms with Gasteiger partial charge in [-0.25, -0.2) is 0 Å². The summed E-state index contributed by atoms with van der Waals surface area (Å²) in [6.45, 7) is 2.24. The van der Waals surface area contributed by atoms with Crippen LogP contribution in [-0.2, 0) is 4.79 Å². The van der Waals surface area contributed by atoms with Crippen LogP contribution in [0.1, 0.15) is 30.1 Å². The van der Waals surface area contributed by atoms with Crippen molar-refractivity contribution in [3.8, 4) is 5.75 Å². The van der Waals surface area contributed by atoms with Crippen LogP contribution in [0.15, 0.2) is 24.3 Å². The number of ether oxygens (including phenoxy) is 1. The maximum atomic E-state index is 11.9. The number of rotatable bonds is 8. The Morgan fingerprint density at radius 1 is 1.32 bits per heavy atom. The molecule has 1 N–H and O–H groups in total. The third-order valence-electron chi connectivity index (χ3n) is 2.61. The zero-order chi connectivity index (χ0) is 14.3. The van der Waals surface area contributed by atoms with Crippen molar-refractivity contribution in [3.63, 3.8) is 0 Å². The first-order valence-electron chi connectivity index (χ1n) is 6.09. The lowest BCUT2D eigenvalue weighted by Crippen LogP contribution is -2.15. The first kappa shape index (κ1) is 15.7. The summed E-state index contributed by atoms with van der Waals surface area (Å²) in [6, 6.07) is 6.80. The van der Waals surface area contributed by atoms with E-state index in [1.54, 1.807) is 31.2 Å². The van der Waals surface area contributed by atoms with E-state index < -0.39 is 11.9 Å². The summed E-state index contributed by atoms with van der Waals surface area (Å²) >= 11 is 3.32. The molecular formula is C14H17BrO4. The van der Waals surface area contributed by atoms with E-state index in [1.807, 2.05) is 0 Å². The van der Waals surface area contributed by atoms with Gasteiger partial charge in [-0.3, -0.25) is 9.59 Å². The molecule has 0 aromatic heterocycles. The molecule has 0 amide bonds. The summed E-state index contributed by atoms with van der Waals surface area (Å²) in [6.07, 6.45) is 0.763. The van der Waals surface area contributed by atoms with Gasteiger partial charge < -0.3 is 9.84 Å². The van der Waals surface area contributed by atoms with Crippen molar-refractivity contribution < 1.29 is 19.4 Å². The number of aliphatic carboxylic acids is 1. The molecule has 1 unspecified atom stereocenters. The highest BCUT2D eigenvalue weighted by atomic mass is 79.9. The van der Waals surface area contributed by atoms with Gasteiger partial charge in [-0.1, -0.05) is 22.9 Å². The Kier molecular flexibility index (Phi) is 6.56. The average Bonchev–Trinajstić information content (AvgIpc) is 2.38. The van der Waals surface area contributed by atoms with Gasteiger partial charge in [0.2, 0.25) is 0 Å². The van der Waals surface area contributed by atoms with Gasteiger partial charge in [0.1, 0.15) is 5.75 Å². The highest BCUT2D eigenvalue weighted by molar-refractivity contribution is 9.09. The molecule has 0 saturated heterocycles. The largest absolute Gasteiger partial charge is 0.494 e. The second-order valence-corrected chi connectivity index (χ2v) is 5.07. The smallest absolute Gasteiger partial charge is 0.304 e. The molecule has 0 aliphatic heterocycles.